The number of nitrogens with one attached hydrogen (secondary N) is 1. The molecule has 1 aliphatic rings. The second-order valence-corrected chi connectivity index (χ2v) is 5.56. The third-order valence-electron chi connectivity index (χ3n) is 3.84. The molecule has 1 amide bonds. The van der Waals surface area contributed by atoms with Crippen molar-refractivity contribution in [1.82, 2.24) is 10.2 Å². The van der Waals surface area contributed by atoms with Crippen molar-refractivity contribution in [2.75, 3.05) is 19.6 Å². The molecule has 0 bridgehead atoms. The van der Waals surface area contributed by atoms with Crippen molar-refractivity contribution in [3.05, 3.63) is 35.4 Å². The third-order valence-corrected chi connectivity index (χ3v) is 3.84. The van der Waals surface area contributed by atoms with Gasteiger partial charge >= 0.3 is 6.18 Å². The second kappa shape index (κ2) is 9.13. The van der Waals surface area contributed by atoms with E-state index in [-0.39, 0.29) is 18.3 Å². The quantitative estimate of drug-likeness (QED) is 0.823. The lowest BCUT2D eigenvalue weighted by atomic mass is 10.1. The van der Waals surface area contributed by atoms with E-state index in [1.807, 2.05) is 4.90 Å². The number of alkyl halides is 3. The van der Waals surface area contributed by atoms with Gasteiger partial charge in [0.2, 0.25) is 5.91 Å². The van der Waals surface area contributed by atoms with Crippen LogP contribution in [0.4, 0.5) is 13.2 Å². The molecule has 0 aromatic heterocycles. The van der Waals surface area contributed by atoms with Crippen LogP contribution in [0.5, 0.6) is 0 Å². The number of likely N-dealkylation sites (tertiary alicyclic amines) is 1. The first-order valence-electron chi connectivity index (χ1n) is 7.61. The standard InChI is InChI=1S/C16H21F3N2O.ClH/c17-16(18,19)14-7-5-13(6-8-14)12-20-9-11-21-10-3-1-2-4-15(21)22;/h5-8,20H,1-4,9-12H2;1H. The Bertz CT molecular complexity index is 491. The Balaban J connectivity index is 0.00000264. The van der Waals surface area contributed by atoms with Gasteiger partial charge in [-0.3, -0.25) is 4.79 Å². The molecular formula is C16H22ClF3N2O. The SMILES string of the molecule is Cl.O=C1CCCCCN1CCNCc1ccc(C(F)(F)F)cc1. The van der Waals surface area contributed by atoms with Crippen LogP contribution >= 0.6 is 12.4 Å². The second-order valence-electron chi connectivity index (χ2n) is 5.56. The van der Waals surface area contributed by atoms with Crippen molar-refractivity contribution in [3.8, 4) is 0 Å². The molecule has 1 aromatic carbocycles. The minimum atomic E-state index is -4.29. The zero-order valence-electron chi connectivity index (χ0n) is 12.9. The van der Waals surface area contributed by atoms with Crippen LogP contribution in [0.25, 0.3) is 0 Å². The number of benzene rings is 1. The summed E-state index contributed by atoms with van der Waals surface area (Å²) in [7, 11) is 0. The summed E-state index contributed by atoms with van der Waals surface area (Å²) in [6.07, 6.45) is -0.557. The van der Waals surface area contributed by atoms with Gasteiger partial charge in [0, 0.05) is 32.6 Å². The predicted molar refractivity (Wildman–Crippen MR) is 85.4 cm³/mol. The highest BCUT2D eigenvalue weighted by Crippen LogP contribution is 2.29. The Hall–Kier alpha value is -1.27. The number of amides is 1. The Morgan fingerprint density at radius 3 is 2.43 bits per heavy atom. The average molecular weight is 351 g/mol. The van der Waals surface area contributed by atoms with Crippen molar-refractivity contribution in [2.24, 2.45) is 0 Å². The first-order chi connectivity index (χ1) is 10.5. The van der Waals surface area contributed by atoms with Gasteiger partial charge in [-0.1, -0.05) is 18.6 Å². The maximum absolute atomic E-state index is 12.4. The third kappa shape index (κ3) is 6.39. The Morgan fingerprint density at radius 2 is 1.78 bits per heavy atom. The molecule has 1 heterocycles. The van der Waals surface area contributed by atoms with E-state index in [9.17, 15) is 18.0 Å². The van der Waals surface area contributed by atoms with Crippen LogP contribution in [0.3, 0.4) is 0 Å². The summed E-state index contributed by atoms with van der Waals surface area (Å²) in [5, 5.41) is 3.17. The van der Waals surface area contributed by atoms with E-state index in [2.05, 4.69) is 5.32 Å². The van der Waals surface area contributed by atoms with E-state index >= 15 is 0 Å². The molecule has 23 heavy (non-hydrogen) atoms. The van der Waals surface area contributed by atoms with Crippen molar-refractivity contribution in [1.29, 1.82) is 0 Å². The molecule has 1 aliphatic heterocycles. The Kier molecular flexibility index (Phi) is 7.85. The average Bonchev–Trinajstić information content (AvgIpc) is 2.68. The van der Waals surface area contributed by atoms with E-state index in [0.29, 0.717) is 26.1 Å². The lowest BCUT2D eigenvalue weighted by Crippen LogP contribution is -2.36. The molecule has 0 spiro atoms. The van der Waals surface area contributed by atoms with E-state index in [1.54, 1.807) is 0 Å². The number of carbonyl (C=O) groups excluding carboxylic acids is 1. The smallest absolute Gasteiger partial charge is 0.341 e. The fourth-order valence-electron chi connectivity index (χ4n) is 2.53. The van der Waals surface area contributed by atoms with Crippen LogP contribution in [-0.4, -0.2) is 30.4 Å². The molecule has 3 nitrogen and oxygen atoms in total. The molecule has 0 unspecified atom stereocenters. The minimum absolute atomic E-state index is 0. The lowest BCUT2D eigenvalue weighted by Gasteiger charge is -2.20. The molecule has 7 heteroatoms. The summed E-state index contributed by atoms with van der Waals surface area (Å²) in [5.74, 6) is 0.203. The number of halogens is 4. The van der Waals surface area contributed by atoms with Crippen LogP contribution in [0.15, 0.2) is 24.3 Å². The summed E-state index contributed by atoms with van der Waals surface area (Å²) < 4.78 is 37.3. The van der Waals surface area contributed by atoms with Crippen LogP contribution < -0.4 is 5.32 Å². The largest absolute Gasteiger partial charge is 0.416 e. The van der Waals surface area contributed by atoms with Gasteiger partial charge in [0.05, 0.1) is 5.56 Å². The maximum atomic E-state index is 12.4. The van der Waals surface area contributed by atoms with Crippen LogP contribution in [0.1, 0.15) is 36.8 Å². The van der Waals surface area contributed by atoms with Crippen LogP contribution in [-0.2, 0) is 17.5 Å². The highest BCUT2D eigenvalue weighted by atomic mass is 35.5. The number of rotatable bonds is 5. The lowest BCUT2D eigenvalue weighted by molar-refractivity contribution is -0.137. The van der Waals surface area contributed by atoms with Crippen LogP contribution in [0.2, 0.25) is 0 Å². The highest BCUT2D eigenvalue weighted by Gasteiger charge is 2.29. The molecular weight excluding hydrogens is 329 g/mol. The predicted octanol–water partition coefficient (Wildman–Crippen LogP) is 3.62. The monoisotopic (exact) mass is 350 g/mol. The van der Waals surface area contributed by atoms with Gasteiger partial charge < -0.3 is 10.2 Å². The Labute approximate surface area is 140 Å². The molecule has 1 aromatic rings. The molecule has 0 radical (unpaired) electrons. The van der Waals surface area contributed by atoms with Crippen molar-refractivity contribution < 1.29 is 18.0 Å². The molecule has 2 rings (SSSR count). The number of hydrogen-bond acceptors (Lipinski definition) is 2. The molecule has 130 valence electrons. The van der Waals surface area contributed by atoms with E-state index in [4.69, 9.17) is 0 Å². The zero-order chi connectivity index (χ0) is 16.0. The summed E-state index contributed by atoms with van der Waals surface area (Å²) in [6, 6.07) is 5.14. The van der Waals surface area contributed by atoms with Gasteiger partial charge in [0.1, 0.15) is 0 Å². The highest BCUT2D eigenvalue weighted by molar-refractivity contribution is 5.85. The van der Waals surface area contributed by atoms with Crippen molar-refractivity contribution in [3.63, 3.8) is 0 Å². The van der Waals surface area contributed by atoms with Gasteiger partial charge in [-0.25, -0.2) is 0 Å². The van der Waals surface area contributed by atoms with Gasteiger partial charge in [-0.15, -0.1) is 12.4 Å². The molecule has 0 atom stereocenters. The molecule has 0 saturated carbocycles. The fraction of sp³-hybridized carbons (Fsp3) is 0.562. The fourth-order valence-corrected chi connectivity index (χ4v) is 2.53. The number of carbonyl (C=O) groups is 1. The topological polar surface area (TPSA) is 32.3 Å². The number of nitrogens with zero attached hydrogens (tertiary/aromatic N) is 1. The summed E-state index contributed by atoms with van der Waals surface area (Å²) in [5.41, 5.74) is 0.168. The van der Waals surface area contributed by atoms with Crippen molar-refractivity contribution >= 4 is 18.3 Å². The van der Waals surface area contributed by atoms with Crippen LogP contribution in [0, 0.1) is 0 Å². The normalized spacial score (nSPS) is 16.0. The number of hydrogen-bond donors (Lipinski definition) is 1. The van der Waals surface area contributed by atoms with Gasteiger partial charge in [0.15, 0.2) is 0 Å². The molecule has 1 N–H and O–H groups in total. The van der Waals surface area contributed by atoms with Gasteiger partial charge in [-0.2, -0.15) is 13.2 Å². The summed E-state index contributed by atoms with van der Waals surface area (Å²) >= 11 is 0. The maximum Gasteiger partial charge on any atom is 0.416 e. The van der Waals surface area contributed by atoms with E-state index < -0.39 is 11.7 Å². The van der Waals surface area contributed by atoms with Gasteiger partial charge in [-0.05, 0) is 30.5 Å². The van der Waals surface area contributed by atoms with E-state index in [1.165, 1.54) is 12.1 Å². The summed E-state index contributed by atoms with van der Waals surface area (Å²) in [4.78, 5) is 13.7. The summed E-state index contributed by atoms with van der Waals surface area (Å²) in [6.45, 7) is 2.60. The first kappa shape index (κ1) is 19.8. The van der Waals surface area contributed by atoms with Gasteiger partial charge in [0.25, 0.3) is 0 Å². The Morgan fingerprint density at radius 1 is 1.09 bits per heavy atom. The van der Waals surface area contributed by atoms with E-state index in [0.717, 1.165) is 43.5 Å². The van der Waals surface area contributed by atoms with Crippen molar-refractivity contribution in [2.45, 2.75) is 38.4 Å². The molecule has 0 aliphatic carbocycles. The molecule has 1 fully saturated rings. The minimum Gasteiger partial charge on any atom is -0.341 e. The molecule has 1 saturated heterocycles. The zero-order valence-corrected chi connectivity index (χ0v) is 13.7. The first-order valence-corrected chi connectivity index (χ1v) is 7.61.